The molecular formula is C20H26O4. The zero-order valence-electron chi connectivity index (χ0n) is 15.1. The largest absolute Gasteiger partial charge is 0.422 e. The van der Waals surface area contributed by atoms with Crippen molar-refractivity contribution in [1.82, 2.24) is 0 Å². The maximum atomic E-state index is 11.9. The predicted molar refractivity (Wildman–Crippen MR) is 97.2 cm³/mol. The fraction of sp³-hybridized carbons (Fsp3) is 0.450. The standard InChI is InChI=1S/C20H26O4/c1-6-7-14-10-17(22)24-19-13(3)16(11-21)15(12(2)18(14)19)8-9-20(4,5)23/h8-10,21,23H,6-7,11H2,1-5H3/b9-8-. The van der Waals surface area contributed by atoms with Crippen LogP contribution in [0.4, 0.5) is 0 Å². The molecule has 0 unspecified atom stereocenters. The summed E-state index contributed by atoms with van der Waals surface area (Å²) in [6.07, 6.45) is 5.26. The van der Waals surface area contributed by atoms with Crippen LogP contribution in [-0.2, 0) is 13.0 Å². The molecule has 2 N–H and O–H groups in total. The van der Waals surface area contributed by atoms with Gasteiger partial charge in [-0.25, -0.2) is 4.79 Å². The van der Waals surface area contributed by atoms with Crippen molar-refractivity contribution in [3.05, 3.63) is 50.4 Å². The molecule has 2 rings (SSSR count). The first-order valence-corrected chi connectivity index (χ1v) is 8.30. The van der Waals surface area contributed by atoms with Crippen LogP contribution in [0.5, 0.6) is 0 Å². The van der Waals surface area contributed by atoms with Crippen molar-refractivity contribution >= 4 is 17.0 Å². The van der Waals surface area contributed by atoms with Gasteiger partial charge in [0.05, 0.1) is 12.2 Å². The Hall–Kier alpha value is -1.91. The van der Waals surface area contributed by atoms with Gasteiger partial charge in [-0.2, -0.15) is 0 Å². The number of hydrogen-bond acceptors (Lipinski definition) is 4. The highest BCUT2D eigenvalue weighted by atomic mass is 16.4. The second-order valence-corrected chi connectivity index (χ2v) is 6.83. The van der Waals surface area contributed by atoms with Gasteiger partial charge in [0.1, 0.15) is 5.58 Å². The molecule has 4 heteroatoms. The SMILES string of the molecule is CCCc1cc(=O)oc2c(C)c(CO)c(/C=C\C(C)(C)O)c(C)c12. The molecule has 0 aliphatic heterocycles. The lowest BCUT2D eigenvalue weighted by molar-refractivity contribution is 0.134. The van der Waals surface area contributed by atoms with Crippen molar-refractivity contribution in [2.45, 2.75) is 59.7 Å². The van der Waals surface area contributed by atoms with Crippen LogP contribution in [0.1, 0.15) is 55.0 Å². The van der Waals surface area contributed by atoms with Crippen molar-refractivity contribution in [3.8, 4) is 0 Å². The van der Waals surface area contributed by atoms with E-state index in [9.17, 15) is 15.0 Å². The molecule has 130 valence electrons. The molecule has 0 aliphatic rings. The molecule has 0 amide bonds. The minimum Gasteiger partial charge on any atom is -0.422 e. The normalized spacial score (nSPS) is 12.5. The van der Waals surface area contributed by atoms with Crippen LogP contribution in [0, 0.1) is 13.8 Å². The average Bonchev–Trinajstić information content (AvgIpc) is 2.48. The summed E-state index contributed by atoms with van der Waals surface area (Å²) in [5.74, 6) is 0. The molecule has 0 saturated heterocycles. The second kappa shape index (κ2) is 6.91. The first-order valence-electron chi connectivity index (χ1n) is 8.30. The van der Waals surface area contributed by atoms with E-state index in [0.29, 0.717) is 5.58 Å². The van der Waals surface area contributed by atoms with E-state index in [1.54, 1.807) is 26.0 Å². The Kier molecular flexibility index (Phi) is 5.31. The smallest absolute Gasteiger partial charge is 0.336 e. The number of rotatable bonds is 5. The van der Waals surface area contributed by atoms with Gasteiger partial charge in [-0.3, -0.25) is 0 Å². The Morgan fingerprint density at radius 3 is 2.46 bits per heavy atom. The van der Waals surface area contributed by atoms with E-state index in [4.69, 9.17) is 4.42 Å². The summed E-state index contributed by atoms with van der Waals surface area (Å²) in [6.45, 7) is 9.13. The van der Waals surface area contributed by atoms with E-state index < -0.39 is 5.60 Å². The lowest BCUT2D eigenvalue weighted by Crippen LogP contribution is -2.14. The van der Waals surface area contributed by atoms with Gasteiger partial charge in [0, 0.05) is 11.5 Å². The van der Waals surface area contributed by atoms with Gasteiger partial charge in [-0.1, -0.05) is 25.5 Å². The second-order valence-electron chi connectivity index (χ2n) is 6.83. The Morgan fingerprint density at radius 1 is 1.25 bits per heavy atom. The quantitative estimate of drug-likeness (QED) is 0.821. The van der Waals surface area contributed by atoms with E-state index >= 15 is 0 Å². The van der Waals surface area contributed by atoms with Gasteiger partial charge in [0.15, 0.2) is 0 Å². The molecule has 24 heavy (non-hydrogen) atoms. The number of aliphatic hydroxyl groups excluding tert-OH is 1. The molecule has 4 nitrogen and oxygen atoms in total. The van der Waals surface area contributed by atoms with Crippen LogP contribution in [0.25, 0.3) is 17.0 Å². The summed E-state index contributed by atoms with van der Waals surface area (Å²) in [4.78, 5) is 11.9. The Bertz CT molecular complexity index is 836. The highest BCUT2D eigenvalue weighted by molar-refractivity contribution is 5.91. The van der Waals surface area contributed by atoms with Gasteiger partial charge in [-0.15, -0.1) is 0 Å². The molecule has 1 heterocycles. The lowest BCUT2D eigenvalue weighted by Gasteiger charge is -2.18. The van der Waals surface area contributed by atoms with Crippen LogP contribution < -0.4 is 5.63 Å². The summed E-state index contributed by atoms with van der Waals surface area (Å²) in [5.41, 5.74) is 3.51. The molecule has 1 aromatic carbocycles. The number of hydrogen-bond donors (Lipinski definition) is 2. The van der Waals surface area contributed by atoms with Crippen LogP contribution in [0.2, 0.25) is 0 Å². The summed E-state index contributed by atoms with van der Waals surface area (Å²) in [7, 11) is 0. The fourth-order valence-electron chi connectivity index (χ4n) is 3.10. The van der Waals surface area contributed by atoms with Crippen molar-refractivity contribution in [2.75, 3.05) is 0 Å². The monoisotopic (exact) mass is 330 g/mol. The summed E-state index contributed by atoms with van der Waals surface area (Å²) in [6, 6.07) is 1.56. The van der Waals surface area contributed by atoms with Gasteiger partial charge in [0.2, 0.25) is 0 Å². The molecule has 0 fully saturated rings. The summed E-state index contributed by atoms with van der Waals surface area (Å²) in [5, 5.41) is 20.8. The Balaban J connectivity index is 2.91. The zero-order valence-corrected chi connectivity index (χ0v) is 15.1. The van der Waals surface area contributed by atoms with E-state index in [1.807, 2.05) is 19.9 Å². The van der Waals surface area contributed by atoms with Crippen molar-refractivity contribution in [1.29, 1.82) is 0 Å². The predicted octanol–water partition coefficient (Wildman–Crippen LogP) is 3.64. The molecule has 0 radical (unpaired) electrons. The third-order valence-corrected chi connectivity index (χ3v) is 4.28. The van der Waals surface area contributed by atoms with Crippen LogP contribution in [0.3, 0.4) is 0 Å². The van der Waals surface area contributed by atoms with Crippen LogP contribution in [0.15, 0.2) is 21.4 Å². The molecular weight excluding hydrogens is 304 g/mol. The van der Waals surface area contributed by atoms with Gasteiger partial charge >= 0.3 is 5.63 Å². The number of fused-ring (bicyclic) bond motifs is 1. The van der Waals surface area contributed by atoms with Crippen molar-refractivity contribution in [3.63, 3.8) is 0 Å². The third kappa shape index (κ3) is 3.60. The van der Waals surface area contributed by atoms with Crippen LogP contribution >= 0.6 is 0 Å². The fourth-order valence-corrected chi connectivity index (χ4v) is 3.10. The summed E-state index contributed by atoms with van der Waals surface area (Å²) >= 11 is 0. The maximum Gasteiger partial charge on any atom is 0.336 e. The number of aliphatic hydroxyl groups is 2. The average molecular weight is 330 g/mol. The lowest BCUT2D eigenvalue weighted by atomic mass is 9.89. The Labute approximate surface area is 142 Å². The minimum absolute atomic E-state index is 0.157. The van der Waals surface area contributed by atoms with Gasteiger partial charge in [0.25, 0.3) is 0 Å². The minimum atomic E-state index is -0.947. The highest BCUT2D eigenvalue weighted by Crippen LogP contribution is 2.33. The molecule has 0 aliphatic carbocycles. The Morgan fingerprint density at radius 2 is 1.92 bits per heavy atom. The molecule has 2 aromatic rings. The van der Waals surface area contributed by atoms with E-state index in [2.05, 4.69) is 6.92 Å². The maximum absolute atomic E-state index is 11.9. The molecule has 0 spiro atoms. The first kappa shape index (κ1) is 18.4. The van der Waals surface area contributed by atoms with Gasteiger partial charge in [-0.05, 0) is 61.9 Å². The molecule has 0 bridgehead atoms. The molecule has 1 aromatic heterocycles. The van der Waals surface area contributed by atoms with Crippen molar-refractivity contribution < 1.29 is 14.6 Å². The number of benzene rings is 1. The van der Waals surface area contributed by atoms with Crippen molar-refractivity contribution in [2.24, 2.45) is 0 Å². The zero-order chi connectivity index (χ0) is 18.1. The van der Waals surface area contributed by atoms with Crippen LogP contribution in [-0.4, -0.2) is 15.8 Å². The molecule has 0 saturated carbocycles. The van der Waals surface area contributed by atoms with Gasteiger partial charge < -0.3 is 14.6 Å². The highest BCUT2D eigenvalue weighted by Gasteiger charge is 2.18. The summed E-state index contributed by atoms with van der Waals surface area (Å²) < 4.78 is 5.46. The third-order valence-electron chi connectivity index (χ3n) is 4.28. The van der Waals surface area contributed by atoms with E-state index in [-0.39, 0.29) is 12.2 Å². The van der Waals surface area contributed by atoms with E-state index in [1.165, 1.54) is 0 Å². The number of aryl methyl sites for hydroxylation is 3. The molecule has 0 atom stereocenters. The topological polar surface area (TPSA) is 70.7 Å². The first-order chi connectivity index (χ1) is 11.2. The van der Waals surface area contributed by atoms with E-state index in [0.717, 1.165) is 46.0 Å².